The molecule has 1 N–H and O–H groups in total. The van der Waals surface area contributed by atoms with E-state index in [0.717, 1.165) is 5.56 Å². The van der Waals surface area contributed by atoms with Crippen LogP contribution in [0.25, 0.3) is 6.08 Å². The van der Waals surface area contributed by atoms with Crippen LogP contribution in [0, 0.1) is 0 Å². The molecule has 0 fully saturated rings. The summed E-state index contributed by atoms with van der Waals surface area (Å²) in [5, 5.41) is 3.12. The number of allylic oxidation sites excluding steroid dienone is 1. The van der Waals surface area contributed by atoms with E-state index in [1.165, 1.54) is 14.2 Å². The van der Waals surface area contributed by atoms with Crippen molar-refractivity contribution in [1.29, 1.82) is 0 Å². The van der Waals surface area contributed by atoms with Gasteiger partial charge in [-0.05, 0) is 23.8 Å². The van der Waals surface area contributed by atoms with E-state index in [0.29, 0.717) is 45.7 Å². The van der Waals surface area contributed by atoms with E-state index in [4.69, 9.17) is 23.7 Å². The van der Waals surface area contributed by atoms with Gasteiger partial charge >= 0.3 is 0 Å². The molecule has 142 valence electrons. The predicted octanol–water partition coefficient (Wildman–Crippen LogP) is 3.38. The zero-order valence-electron chi connectivity index (χ0n) is 15.8. The van der Waals surface area contributed by atoms with Gasteiger partial charge in [-0.2, -0.15) is 0 Å². The van der Waals surface area contributed by atoms with Gasteiger partial charge in [0.1, 0.15) is 11.5 Å². The molecule has 0 radical (unpaired) electrons. The number of fused-ring (bicyclic) bond motifs is 1. The van der Waals surface area contributed by atoms with Gasteiger partial charge in [0.25, 0.3) is 0 Å². The number of carbonyl (C=O) groups excluding carboxylic acids is 1. The number of benzene rings is 2. The van der Waals surface area contributed by atoms with Gasteiger partial charge in [0.2, 0.25) is 11.5 Å². The molecule has 2 aromatic rings. The lowest BCUT2D eigenvalue weighted by molar-refractivity contribution is 0.104. The van der Waals surface area contributed by atoms with Gasteiger partial charge in [-0.25, -0.2) is 0 Å². The maximum atomic E-state index is 12.9. The quantitative estimate of drug-likeness (QED) is 0.780. The summed E-state index contributed by atoms with van der Waals surface area (Å²) in [6.45, 7) is 0. The molecule has 3 rings (SSSR count). The highest BCUT2D eigenvalue weighted by Crippen LogP contribution is 2.41. The first-order valence-electron chi connectivity index (χ1n) is 8.15. The Morgan fingerprint density at radius 1 is 0.778 bits per heavy atom. The highest BCUT2D eigenvalue weighted by atomic mass is 16.5. The first-order valence-corrected chi connectivity index (χ1v) is 8.15. The Hall–Kier alpha value is -3.35. The van der Waals surface area contributed by atoms with Crippen molar-refractivity contribution in [2.75, 3.05) is 40.9 Å². The number of anilines is 1. The lowest BCUT2D eigenvalue weighted by Crippen LogP contribution is -2.01. The number of rotatable bonds is 6. The number of ketones is 1. The van der Waals surface area contributed by atoms with Gasteiger partial charge in [-0.1, -0.05) is 0 Å². The molecule has 2 aromatic carbocycles. The summed E-state index contributed by atoms with van der Waals surface area (Å²) in [7, 11) is 7.70. The van der Waals surface area contributed by atoms with Gasteiger partial charge in [-0.15, -0.1) is 0 Å². The van der Waals surface area contributed by atoms with Crippen LogP contribution in [0.5, 0.6) is 28.7 Å². The molecule has 0 saturated heterocycles. The molecule has 27 heavy (non-hydrogen) atoms. The van der Waals surface area contributed by atoms with Crippen LogP contribution < -0.4 is 29.0 Å². The van der Waals surface area contributed by atoms with E-state index >= 15 is 0 Å². The molecular formula is C20H21NO6. The SMILES string of the molecule is COc1cc2c(c(OC)c1)C(=O)/C(=C/c1cc(OC)c(OC)c(OC)c1)N2. The van der Waals surface area contributed by atoms with Crippen LogP contribution >= 0.6 is 0 Å². The van der Waals surface area contributed by atoms with Crippen molar-refractivity contribution in [2.24, 2.45) is 0 Å². The summed E-state index contributed by atoms with van der Waals surface area (Å²) in [6.07, 6.45) is 1.72. The second-order valence-corrected chi connectivity index (χ2v) is 5.72. The molecule has 0 bridgehead atoms. The van der Waals surface area contributed by atoms with E-state index in [-0.39, 0.29) is 5.78 Å². The minimum Gasteiger partial charge on any atom is -0.497 e. The zero-order valence-corrected chi connectivity index (χ0v) is 15.8. The van der Waals surface area contributed by atoms with Gasteiger partial charge in [0.05, 0.1) is 52.5 Å². The topological polar surface area (TPSA) is 75.3 Å². The fourth-order valence-corrected chi connectivity index (χ4v) is 2.99. The Bertz CT molecular complexity index is 894. The average Bonchev–Trinajstić information content (AvgIpc) is 3.01. The third-order valence-electron chi connectivity index (χ3n) is 4.27. The Kier molecular flexibility index (Phi) is 5.12. The molecule has 7 nitrogen and oxygen atoms in total. The minimum atomic E-state index is -0.168. The molecular weight excluding hydrogens is 350 g/mol. The molecule has 0 unspecified atom stereocenters. The fraction of sp³-hybridized carbons (Fsp3) is 0.250. The summed E-state index contributed by atoms with van der Waals surface area (Å²) < 4.78 is 26.7. The van der Waals surface area contributed by atoms with Crippen molar-refractivity contribution in [1.82, 2.24) is 0 Å². The van der Waals surface area contributed by atoms with Crippen molar-refractivity contribution >= 4 is 17.5 Å². The van der Waals surface area contributed by atoms with Crippen LogP contribution in [0.1, 0.15) is 15.9 Å². The van der Waals surface area contributed by atoms with Crippen LogP contribution in [0.15, 0.2) is 30.0 Å². The van der Waals surface area contributed by atoms with Gasteiger partial charge in [0, 0.05) is 12.1 Å². The molecule has 0 amide bonds. The van der Waals surface area contributed by atoms with Crippen LogP contribution in [0.3, 0.4) is 0 Å². The highest BCUT2D eigenvalue weighted by molar-refractivity contribution is 6.22. The van der Waals surface area contributed by atoms with Crippen molar-refractivity contribution in [3.8, 4) is 28.7 Å². The third-order valence-corrected chi connectivity index (χ3v) is 4.27. The molecule has 0 aliphatic carbocycles. The molecule has 1 aliphatic heterocycles. The van der Waals surface area contributed by atoms with Crippen molar-refractivity contribution in [3.63, 3.8) is 0 Å². The maximum absolute atomic E-state index is 12.9. The normalized spacial score (nSPS) is 13.8. The Labute approximate surface area is 157 Å². The van der Waals surface area contributed by atoms with Crippen LogP contribution in [0.2, 0.25) is 0 Å². The molecule has 1 aliphatic rings. The summed E-state index contributed by atoms with van der Waals surface area (Å²) in [4.78, 5) is 12.9. The number of carbonyl (C=O) groups is 1. The molecule has 0 saturated carbocycles. The van der Waals surface area contributed by atoms with Crippen molar-refractivity contribution in [3.05, 3.63) is 41.1 Å². The first kappa shape index (κ1) is 18.4. The summed E-state index contributed by atoms with van der Waals surface area (Å²) in [5.74, 6) is 2.38. The van der Waals surface area contributed by atoms with Crippen LogP contribution in [-0.2, 0) is 0 Å². The predicted molar refractivity (Wildman–Crippen MR) is 102 cm³/mol. The van der Waals surface area contributed by atoms with Crippen LogP contribution in [0.4, 0.5) is 5.69 Å². The number of ether oxygens (including phenoxy) is 5. The van der Waals surface area contributed by atoms with E-state index in [1.54, 1.807) is 51.7 Å². The van der Waals surface area contributed by atoms with Crippen molar-refractivity contribution < 1.29 is 28.5 Å². The van der Waals surface area contributed by atoms with E-state index in [1.807, 2.05) is 0 Å². The molecule has 0 aromatic heterocycles. The summed E-state index contributed by atoms with van der Waals surface area (Å²) in [6, 6.07) is 6.97. The van der Waals surface area contributed by atoms with Crippen molar-refractivity contribution in [2.45, 2.75) is 0 Å². The zero-order chi connectivity index (χ0) is 19.6. The molecule has 0 spiro atoms. The maximum Gasteiger partial charge on any atom is 0.215 e. The van der Waals surface area contributed by atoms with E-state index < -0.39 is 0 Å². The fourth-order valence-electron chi connectivity index (χ4n) is 2.99. The van der Waals surface area contributed by atoms with Gasteiger partial charge in [-0.3, -0.25) is 4.79 Å². The number of hydrogen-bond donors (Lipinski definition) is 1. The third kappa shape index (κ3) is 3.23. The van der Waals surface area contributed by atoms with E-state index in [2.05, 4.69) is 5.32 Å². The van der Waals surface area contributed by atoms with Gasteiger partial charge in [0.15, 0.2) is 11.5 Å². The summed E-state index contributed by atoms with van der Waals surface area (Å²) >= 11 is 0. The smallest absolute Gasteiger partial charge is 0.215 e. The Morgan fingerprint density at radius 3 is 1.93 bits per heavy atom. The Balaban J connectivity index is 2.05. The monoisotopic (exact) mass is 371 g/mol. The van der Waals surface area contributed by atoms with Gasteiger partial charge < -0.3 is 29.0 Å². The number of methoxy groups -OCH3 is 5. The molecule has 7 heteroatoms. The molecule has 0 atom stereocenters. The Morgan fingerprint density at radius 2 is 1.41 bits per heavy atom. The second kappa shape index (κ2) is 7.49. The lowest BCUT2D eigenvalue weighted by atomic mass is 10.1. The molecule has 1 heterocycles. The number of hydrogen-bond acceptors (Lipinski definition) is 7. The number of nitrogens with one attached hydrogen (secondary N) is 1. The highest BCUT2D eigenvalue weighted by Gasteiger charge is 2.29. The lowest BCUT2D eigenvalue weighted by Gasteiger charge is -2.13. The standard InChI is InChI=1S/C20H21NO6/c1-23-12-9-13-18(15(10-12)24-2)19(22)14(21-13)6-11-7-16(25-3)20(27-5)17(8-11)26-4/h6-10,21H,1-5H3/b14-6-. The minimum absolute atomic E-state index is 0.168. The largest absolute Gasteiger partial charge is 0.497 e. The second-order valence-electron chi connectivity index (χ2n) is 5.72. The first-order chi connectivity index (χ1) is 13.1. The van der Waals surface area contributed by atoms with Crippen LogP contribution in [-0.4, -0.2) is 41.3 Å². The summed E-state index contributed by atoms with van der Waals surface area (Å²) in [5.41, 5.74) is 2.23. The number of Topliss-reactive ketones (excluding diaryl/α,β-unsaturated/α-hetero) is 1. The average molecular weight is 371 g/mol. The van der Waals surface area contributed by atoms with E-state index in [9.17, 15) is 4.79 Å².